The zero-order valence-corrected chi connectivity index (χ0v) is 14.8. The van der Waals surface area contributed by atoms with Gasteiger partial charge in [0.1, 0.15) is 0 Å². The fourth-order valence-corrected chi connectivity index (χ4v) is 2.78. The Hall–Kier alpha value is -2.86. The van der Waals surface area contributed by atoms with Crippen molar-refractivity contribution in [3.8, 4) is 0 Å². The van der Waals surface area contributed by atoms with Crippen LogP contribution in [0.5, 0.6) is 0 Å². The van der Waals surface area contributed by atoms with Crippen LogP contribution in [0, 0.1) is 0 Å². The van der Waals surface area contributed by atoms with Crippen molar-refractivity contribution in [2.24, 2.45) is 0 Å². The van der Waals surface area contributed by atoms with Gasteiger partial charge < -0.3 is 20.3 Å². The van der Waals surface area contributed by atoms with Crippen LogP contribution in [0.2, 0.25) is 0 Å². The molecule has 0 atom stereocenters. The molecule has 1 heterocycles. The quantitative estimate of drug-likeness (QED) is 0.866. The summed E-state index contributed by atoms with van der Waals surface area (Å²) >= 11 is 0. The smallest absolute Gasteiger partial charge is 0.255 e. The molecule has 6 nitrogen and oxygen atoms in total. The Morgan fingerprint density at radius 3 is 2.27 bits per heavy atom. The lowest BCUT2D eigenvalue weighted by molar-refractivity contribution is -0.119. The van der Waals surface area contributed by atoms with Crippen LogP contribution in [0.1, 0.15) is 22.8 Å². The van der Waals surface area contributed by atoms with Gasteiger partial charge in [-0.25, -0.2) is 0 Å². The summed E-state index contributed by atoms with van der Waals surface area (Å²) in [5.74, 6) is -0.234. The summed E-state index contributed by atoms with van der Waals surface area (Å²) in [5, 5.41) is 5.64. The van der Waals surface area contributed by atoms with Gasteiger partial charge in [0.05, 0.1) is 13.2 Å². The van der Waals surface area contributed by atoms with Crippen molar-refractivity contribution in [1.82, 2.24) is 5.32 Å². The van der Waals surface area contributed by atoms with Crippen LogP contribution in [0.25, 0.3) is 0 Å². The summed E-state index contributed by atoms with van der Waals surface area (Å²) in [6.07, 6.45) is 0. The number of anilines is 2. The molecule has 1 aliphatic rings. The average molecular weight is 353 g/mol. The van der Waals surface area contributed by atoms with Crippen molar-refractivity contribution in [2.75, 3.05) is 36.5 Å². The van der Waals surface area contributed by atoms with Gasteiger partial charge >= 0.3 is 0 Å². The zero-order valence-electron chi connectivity index (χ0n) is 14.8. The summed E-state index contributed by atoms with van der Waals surface area (Å²) in [5.41, 5.74) is 3.42. The lowest BCUT2D eigenvalue weighted by Crippen LogP contribution is -2.36. The van der Waals surface area contributed by atoms with Crippen molar-refractivity contribution in [3.63, 3.8) is 0 Å². The molecule has 1 saturated heterocycles. The Kier molecular flexibility index (Phi) is 5.86. The molecule has 2 aromatic carbocycles. The summed E-state index contributed by atoms with van der Waals surface area (Å²) in [6.45, 7) is 5.20. The first kappa shape index (κ1) is 17.9. The topological polar surface area (TPSA) is 70.7 Å². The van der Waals surface area contributed by atoms with E-state index in [9.17, 15) is 9.59 Å². The molecule has 1 fully saturated rings. The first-order chi connectivity index (χ1) is 12.6. The molecule has 136 valence electrons. The molecule has 0 bridgehead atoms. The second-order valence-electron chi connectivity index (χ2n) is 6.21. The molecule has 2 N–H and O–H groups in total. The number of hydrogen-bond donors (Lipinski definition) is 2. The number of nitrogens with one attached hydrogen (secondary N) is 2. The van der Waals surface area contributed by atoms with Crippen LogP contribution in [0.4, 0.5) is 11.4 Å². The SMILES string of the molecule is CC(=O)NCc1ccc(C(=O)Nc2ccc(N3CCOCC3)cc2)cc1. The summed E-state index contributed by atoms with van der Waals surface area (Å²) in [7, 11) is 0. The number of morpholine rings is 1. The molecule has 0 saturated carbocycles. The van der Waals surface area contributed by atoms with Crippen molar-refractivity contribution in [3.05, 3.63) is 59.7 Å². The molecule has 26 heavy (non-hydrogen) atoms. The van der Waals surface area contributed by atoms with Gasteiger partial charge in [0.15, 0.2) is 0 Å². The molecule has 1 aliphatic heterocycles. The van der Waals surface area contributed by atoms with Gasteiger partial charge in [-0.2, -0.15) is 0 Å². The van der Waals surface area contributed by atoms with E-state index < -0.39 is 0 Å². The molecule has 0 aromatic heterocycles. The average Bonchev–Trinajstić information content (AvgIpc) is 2.68. The van der Waals surface area contributed by atoms with Crippen LogP contribution >= 0.6 is 0 Å². The van der Waals surface area contributed by atoms with Crippen LogP contribution in [0.3, 0.4) is 0 Å². The second kappa shape index (κ2) is 8.49. The van der Waals surface area contributed by atoms with Crippen molar-refractivity contribution >= 4 is 23.2 Å². The van der Waals surface area contributed by atoms with Crippen LogP contribution < -0.4 is 15.5 Å². The van der Waals surface area contributed by atoms with Crippen LogP contribution in [-0.4, -0.2) is 38.1 Å². The zero-order chi connectivity index (χ0) is 18.4. The molecule has 0 unspecified atom stereocenters. The minimum atomic E-state index is -0.157. The van der Waals surface area contributed by atoms with Gasteiger partial charge in [-0.1, -0.05) is 12.1 Å². The van der Waals surface area contributed by atoms with Crippen molar-refractivity contribution in [2.45, 2.75) is 13.5 Å². The third kappa shape index (κ3) is 4.83. The number of amides is 2. The Bertz CT molecular complexity index is 751. The Balaban J connectivity index is 1.57. The number of rotatable bonds is 5. The summed E-state index contributed by atoms with van der Waals surface area (Å²) < 4.78 is 5.36. The Morgan fingerprint density at radius 1 is 1.00 bits per heavy atom. The fraction of sp³-hybridized carbons (Fsp3) is 0.300. The third-order valence-corrected chi connectivity index (χ3v) is 4.26. The van der Waals surface area contributed by atoms with Gasteiger partial charge in [-0.15, -0.1) is 0 Å². The van der Waals surface area contributed by atoms with E-state index in [0.29, 0.717) is 12.1 Å². The highest BCUT2D eigenvalue weighted by Gasteiger charge is 2.11. The molecular formula is C20H23N3O3. The molecule has 0 radical (unpaired) electrons. The maximum atomic E-state index is 12.4. The molecule has 2 aromatic rings. The lowest BCUT2D eigenvalue weighted by atomic mass is 10.1. The number of carbonyl (C=O) groups is 2. The van der Waals surface area contributed by atoms with Gasteiger partial charge in [-0.05, 0) is 42.0 Å². The van der Waals surface area contributed by atoms with E-state index in [1.54, 1.807) is 12.1 Å². The van der Waals surface area contributed by atoms with E-state index >= 15 is 0 Å². The van der Waals surface area contributed by atoms with E-state index in [1.165, 1.54) is 6.92 Å². The van der Waals surface area contributed by atoms with E-state index in [1.807, 2.05) is 36.4 Å². The number of carbonyl (C=O) groups excluding carboxylic acids is 2. The molecule has 2 amide bonds. The van der Waals surface area contributed by atoms with Gasteiger partial charge in [0, 0.05) is 43.5 Å². The van der Waals surface area contributed by atoms with Gasteiger partial charge in [0.2, 0.25) is 5.91 Å². The maximum Gasteiger partial charge on any atom is 0.255 e. The van der Waals surface area contributed by atoms with Crippen molar-refractivity contribution in [1.29, 1.82) is 0 Å². The van der Waals surface area contributed by atoms with Crippen LogP contribution in [-0.2, 0) is 16.1 Å². The maximum absolute atomic E-state index is 12.4. The number of ether oxygens (including phenoxy) is 1. The number of hydrogen-bond acceptors (Lipinski definition) is 4. The highest BCUT2D eigenvalue weighted by atomic mass is 16.5. The van der Waals surface area contributed by atoms with Gasteiger partial charge in [0.25, 0.3) is 5.91 Å². The molecule has 0 spiro atoms. The predicted octanol–water partition coefficient (Wildman–Crippen LogP) is 2.41. The highest BCUT2D eigenvalue weighted by Crippen LogP contribution is 2.19. The number of benzene rings is 2. The number of nitrogens with zero attached hydrogens (tertiary/aromatic N) is 1. The molecule has 0 aliphatic carbocycles. The fourth-order valence-electron chi connectivity index (χ4n) is 2.78. The molecular weight excluding hydrogens is 330 g/mol. The van der Waals surface area contributed by atoms with Gasteiger partial charge in [-0.3, -0.25) is 9.59 Å². The normalized spacial score (nSPS) is 14.0. The monoisotopic (exact) mass is 353 g/mol. The highest BCUT2D eigenvalue weighted by molar-refractivity contribution is 6.04. The van der Waals surface area contributed by atoms with Crippen molar-refractivity contribution < 1.29 is 14.3 Å². The minimum absolute atomic E-state index is 0.0765. The second-order valence-corrected chi connectivity index (χ2v) is 6.21. The lowest BCUT2D eigenvalue weighted by Gasteiger charge is -2.28. The van der Waals surface area contributed by atoms with E-state index in [4.69, 9.17) is 4.74 Å². The first-order valence-corrected chi connectivity index (χ1v) is 8.69. The predicted molar refractivity (Wildman–Crippen MR) is 101 cm³/mol. The van der Waals surface area contributed by atoms with Crippen LogP contribution in [0.15, 0.2) is 48.5 Å². The Morgan fingerprint density at radius 2 is 1.65 bits per heavy atom. The summed E-state index contributed by atoms with van der Waals surface area (Å²) in [6, 6.07) is 15.0. The first-order valence-electron chi connectivity index (χ1n) is 8.69. The van der Waals surface area contributed by atoms with E-state index in [2.05, 4.69) is 15.5 Å². The molecule has 6 heteroatoms. The summed E-state index contributed by atoms with van der Waals surface area (Å²) in [4.78, 5) is 25.6. The largest absolute Gasteiger partial charge is 0.378 e. The minimum Gasteiger partial charge on any atom is -0.378 e. The standard InChI is InChI=1S/C20H23N3O3/c1-15(24)21-14-16-2-4-17(5-3-16)20(25)22-18-6-8-19(9-7-18)23-10-12-26-13-11-23/h2-9H,10-14H2,1H3,(H,21,24)(H,22,25). The molecule has 3 rings (SSSR count). The van der Waals surface area contributed by atoms with E-state index in [-0.39, 0.29) is 11.8 Å². The Labute approximate surface area is 153 Å². The van der Waals surface area contributed by atoms with E-state index in [0.717, 1.165) is 43.2 Å². The third-order valence-electron chi connectivity index (χ3n) is 4.26.